The first-order valence-electron chi connectivity index (χ1n) is 6.97. The highest BCUT2D eigenvalue weighted by Gasteiger charge is 2.18. The Balaban J connectivity index is 1.75. The van der Waals surface area contributed by atoms with Crippen molar-refractivity contribution in [3.05, 3.63) is 23.2 Å². The van der Waals surface area contributed by atoms with Crippen LogP contribution in [-0.2, 0) is 11.2 Å². The average Bonchev–Trinajstić information content (AvgIpc) is 2.89. The summed E-state index contributed by atoms with van der Waals surface area (Å²) in [7, 11) is 1.66. The van der Waals surface area contributed by atoms with Crippen LogP contribution in [0.5, 0.6) is 5.75 Å². The number of fused-ring (bicyclic) bond motifs is 1. The largest absolute Gasteiger partial charge is 0.497 e. The zero-order valence-corrected chi connectivity index (χ0v) is 12.4. The van der Waals surface area contributed by atoms with Crippen LogP contribution in [0.15, 0.2) is 18.2 Å². The predicted octanol–water partition coefficient (Wildman–Crippen LogP) is 2.86. The molecule has 0 saturated carbocycles. The number of carbonyl (C=O) groups is 1. The van der Waals surface area contributed by atoms with Gasteiger partial charge < -0.3 is 9.64 Å². The number of carbonyl (C=O) groups excluding carboxylic acids is 1. The molecule has 1 saturated heterocycles. The topological polar surface area (TPSA) is 42.4 Å². The minimum Gasteiger partial charge on any atom is -0.497 e. The lowest BCUT2D eigenvalue weighted by molar-refractivity contribution is -0.131. The molecule has 1 aromatic heterocycles. The molecule has 0 bridgehead atoms. The summed E-state index contributed by atoms with van der Waals surface area (Å²) in [5.74, 6) is 1.03. The fourth-order valence-corrected chi connectivity index (χ4v) is 3.53. The van der Waals surface area contributed by atoms with Gasteiger partial charge in [0.1, 0.15) is 10.8 Å². The van der Waals surface area contributed by atoms with Crippen molar-refractivity contribution >= 4 is 27.5 Å². The number of piperidine rings is 1. The lowest BCUT2D eigenvalue weighted by Crippen LogP contribution is -2.36. The summed E-state index contributed by atoms with van der Waals surface area (Å²) in [6.45, 7) is 1.80. The van der Waals surface area contributed by atoms with Gasteiger partial charge in [0, 0.05) is 13.1 Å². The van der Waals surface area contributed by atoms with Crippen molar-refractivity contribution in [1.29, 1.82) is 0 Å². The number of methoxy groups -OCH3 is 1. The molecule has 2 aromatic rings. The normalized spacial score (nSPS) is 15.6. The number of thiazole rings is 1. The monoisotopic (exact) mass is 290 g/mol. The van der Waals surface area contributed by atoms with E-state index < -0.39 is 0 Å². The van der Waals surface area contributed by atoms with E-state index in [1.165, 1.54) is 6.42 Å². The minimum absolute atomic E-state index is 0.204. The van der Waals surface area contributed by atoms with Crippen molar-refractivity contribution in [2.24, 2.45) is 0 Å². The highest BCUT2D eigenvalue weighted by molar-refractivity contribution is 7.18. The Labute approximate surface area is 122 Å². The number of likely N-dealkylation sites (tertiary alicyclic amines) is 1. The molecule has 0 radical (unpaired) electrons. The van der Waals surface area contributed by atoms with Gasteiger partial charge in [-0.2, -0.15) is 0 Å². The fourth-order valence-electron chi connectivity index (χ4n) is 2.54. The molecule has 2 heterocycles. The molecule has 1 amide bonds. The van der Waals surface area contributed by atoms with Gasteiger partial charge in [-0.25, -0.2) is 4.98 Å². The standard InChI is InChI=1S/C15H18N2O2S/c1-19-11-5-6-12-13(9-11)20-14(16-12)10-15(18)17-7-3-2-4-8-17/h5-6,9H,2-4,7-8,10H2,1H3. The van der Waals surface area contributed by atoms with Gasteiger partial charge in [-0.3, -0.25) is 4.79 Å². The van der Waals surface area contributed by atoms with Gasteiger partial charge in [0.25, 0.3) is 0 Å². The first-order valence-corrected chi connectivity index (χ1v) is 7.79. The number of amides is 1. The van der Waals surface area contributed by atoms with Crippen LogP contribution in [0.2, 0.25) is 0 Å². The molecular weight excluding hydrogens is 272 g/mol. The number of aromatic nitrogens is 1. The summed E-state index contributed by atoms with van der Waals surface area (Å²) >= 11 is 1.58. The van der Waals surface area contributed by atoms with Crippen LogP contribution in [0.3, 0.4) is 0 Å². The Morgan fingerprint density at radius 2 is 2.15 bits per heavy atom. The Morgan fingerprint density at radius 1 is 1.35 bits per heavy atom. The van der Waals surface area contributed by atoms with Gasteiger partial charge in [0.2, 0.25) is 5.91 Å². The number of hydrogen-bond donors (Lipinski definition) is 0. The summed E-state index contributed by atoms with van der Waals surface area (Å²) in [6.07, 6.45) is 3.91. The molecule has 0 spiro atoms. The smallest absolute Gasteiger partial charge is 0.229 e. The van der Waals surface area contributed by atoms with Crippen LogP contribution in [0, 0.1) is 0 Å². The summed E-state index contributed by atoms with van der Waals surface area (Å²) < 4.78 is 6.29. The van der Waals surface area contributed by atoms with E-state index in [0.29, 0.717) is 6.42 Å². The van der Waals surface area contributed by atoms with E-state index in [0.717, 1.165) is 46.9 Å². The fraction of sp³-hybridized carbons (Fsp3) is 0.467. The van der Waals surface area contributed by atoms with E-state index in [9.17, 15) is 4.79 Å². The molecule has 1 aromatic carbocycles. The Hall–Kier alpha value is -1.62. The molecule has 1 aliphatic heterocycles. The molecule has 0 unspecified atom stereocenters. The second kappa shape index (κ2) is 5.79. The van der Waals surface area contributed by atoms with Crippen molar-refractivity contribution in [3.63, 3.8) is 0 Å². The van der Waals surface area contributed by atoms with Crippen LogP contribution in [0.25, 0.3) is 10.2 Å². The summed E-state index contributed by atoms with van der Waals surface area (Å²) in [6, 6.07) is 5.82. The second-order valence-corrected chi connectivity index (χ2v) is 6.17. The molecule has 3 rings (SSSR count). The minimum atomic E-state index is 0.204. The predicted molar refractivity (Wildman–Crippen MR) is 80.3 cm³/mol. The van der Waals surface area contributed by atoms with E-state index in [1.54, 1.807) is 18.4 Å². The molecule has 106 valence electrons. The molecule has 20 heavy (non-hydrogen) atoms. The molecule has 0 N–H and O–H groups in total. The maximum Gasteiger partial charge on any atom is 0.229 e. The van der Waals surface area contributed by atoms with E-state index in [2.05, 4.69) is 4.98 Å². The first kappa shape index (κ1) is 13.4. The summed E-state index contributed by atoms with van der Waals surface area (Å²) in [5, 5.41) is 0.892. The molecule has 1 aliphatic rings. The Morgan fingerprint density at radius 3 is 2.90 bits per heavy atom. The first-order chi connectivity index (χ1) is 9.76. The third-order valence-electron chi connectivity index (χ3n) is 3.65. The van der Waals surface area contributed by atoms with Crippen molar-refractivity contribution in [1.82, 2.24) is 9.88 Å². The maximum absolute atomic E-state index is 12.2. The third kappa shape index (κ3) is 2.77. The molecular formula is C15H18N2O2S. The molecule has 0 atom stereocenters. The number of rotatable bonds is 3. The van der Waals surface area contributed by atoms with Crippen molar-refractivity contribution < 1.29 is 9.53 Å². The lowest BCUT2D eigenvalue weighted by atomic mass is 10.1. The zero-order chi connectivity index (χ0) is 13.9. The van der Waals surface area contributed by atoms with E-state index in [4.69, 9.17) is 4.74 Å². The van der Waals surface area contributed by atoms with Crippen LogP contribution in [0.1, 0.15) is 24.3 Å². The highest BCUT2D eigenvalue weighted by Crippen LogP contribution is 2.27. The van der Waals surface area contributed by atoms with Crippen LogP contribution in [-0.4, -0.2) is 36.0 Å². The van der Waals surface area contributed by atoms with Gasteiger partial charge in [-0.05, 0) is 37.5 Å². The zero-order valence-electron chi connectivity index (χ0n) is 11.6. The van der Waals surface area contributed by atoms with Crippen molar-refractivity contribution in [2.45, 2.75) is 25.7 Å². The van der Waals surface area contributed by atoms with Crippen LogP contribution < -0.4 is 4.74 Å². The summed E-state index contributed by atoms with van der Waals surface area (Å²) in [4.78, 5) is 18.7. The van der Waals surface area contributed by atoms with Gasteiger partial charge in [-0.15, -0.1) is 11.3 Å². The summed E-state index contributed by atoms with van der Waals surface area (Å²) in [5.41, 5.74) is 0.942. The van der Waals surface area contributed by atoms with E-state index in [-0.39, 0.29) is 5.91 Å². The SMILES string of the molecule is COc1ccc2nc(CC(=O)N3CCCCC3)sc2c1. The quantitative estimate of drug-likeness (QED) is 0.873. The Kier molecular flexibility index (Phi) is 3.87. The third-order valence-corrected chi connectivity index (χ3v) is 4.67. The van der Waals surface area contributed by atoms with E-state index in [1.807, 2.05) is 23.1 Å². The molecule has 0 aliphatic carbocycles. The van der Waals surface area contributed by atoms with Crippen molar-refractivity contribution in [3.8, 4) is 5.75 Å². The number of benzene rings is 1. The molecule has 4 nitrogen and oxygen atoms in total. The number of nitrogens with zero attached hydrogens (tertiary/aromatic N) is 2. The van der Waals surface area contributed by atoms with Gasteiger partial charge in [-0.1, -0.05) is 0 Å². The highest BCUT2D eigenvalue weighted by atomic mass is 32.1. The number of ether oxygens (including phenoxy) is 1. The second-order valence-electron chi connectivity index (χ2n) is 5.06. The van der Waals surface area contributed by atoms with Gasteiger partial charge in [0.05, 0.1) is 23.7 Å². The molecule has 5 heteroatoms. The lowest BCUT2D eigenvalue weighted by Gasteiger charge is -2.26. The van der Waals surface area contributed by atoms with Gasteiger partial charge >= 0.3 is 0 Å². The average molecular weight is 290 g/mol. The molecule has 1 fully saturated rings. The van der Waals surface area contributed by atoms with Crippen LogP contribution in [0.4, 0.5) is 0 Å². The number of hydrogen-bond acceptors (Lipinski definition) is 4. The van der Waals surface area contributed by atoms with Crippen LogP contribution >= 0.6 is 11.3 Å². The maximum atomic E-state index is 12.2. The Bertz CT molecular complexity index is 617. The van der Waals surface area contributed by atoms with Crippen molar-refractivity contribution in [2.75, 3.05) is 20.2 Å². The van der Waals surface area contributed by atoms with E-state index >= 15 is 0 Å². The van der Waals surface area contributed by atoms with Gasteiger partial charge in [0.15, 0.2) is 0 Å².